The molecule has 9 nitrogen and oxygen atoms in total. The van der Waals surface area contributed by atoms with E-state index < -0.39 is 53.1 Å². The molecule has 4 aromatic rings. The number of nitrogens with one attached hydrogen (secondary N) is 2. The molecule has 4 rings (SSSR count). The summed E-state index contributed by atoms with van der Waals surface area (Å²) < 4.78 is 28.7. The number of aliphatic carboxylic acids is 1. The van der Waals surface area contributed by atoms with Crippen molar-refractivity contribution in [1.82, 2.24) is 14.9 Å². The summed E-state index contributed by atoms with van der Waals surface area (Å²) in [7, 11) is 1.39. The van der Waals surface area contributed by atoms with E-state index in [0.717, 1.165) is 10.6 Å². The summed E-state index contributed by atoms with van der Waals surface area (Å²) >= 11 is 0. The minimum Gasteiger partial charge on any atom is -0.870 e. The summed E-state index contributed by atoms with van der Waals surface area (Å²) in [6.07, 6.45) is 0.754. The second kappa shape index (κ2) is 13.3. The van der Waals surface area contributed by atoms with E-state index in [0.29, 0.717) is 11.6 Å². The van der Waals surface area contributed by atoms with E-state index >= 15 is 0 Å². The SMILES string of the molecule is Cn1c(=O)c(NC(=O)N[C@@H](CC(=O)[O-])c2cccc(-c3ccc(F)cc3F)c2)c([O-])c2cccnc21.[Na+].[Na+]. The number of carbonyl (C=O) groups excluding carboxylic acids is 2. The number of carboxylic acids is 1. The first-order valence-corrected chi connectivity index (χ1v) is 10.6. The molecule has 184 valence electrons. The first-order valence-electron chi connectivity index (χ1n) is 10.6. The van der Waals surface area contributed by atoms with E-state index in [1.165, 1.54) is 55.7 Å². The van der Waals surface area contributed by atoms with E-state index in [1.807, 2.05) is 0 Å². The van der Waals surface area contributed by atoms with Gasteiger partial charge in [-0.1, -0.05) is 30.0 Å². The van der Waals surface area contributed by atoms with Gasteiger partial charge in [-0.2, -0.15) is 0 Å². The number of anilines is 1. The number of nitrogens with zero attached hydrogens (tertiary/aromatic N) is 2. The Hall–Kier alpha value is -2.80. The summed E-state index contributed by atoms with van der Waals surface area (Å²) in [5.41, 5.74) is -0.546. The molecule has 2 heterocycles. The smallest absolute Gasteiger partial charge is 0.870 e. The monoisotopic (exact) mass is 538 g/mol. The third-order valence-electron chi connectivity index (χ3n) is 5.54. The zero-order chi connectivity index (χ0) is 26.0. The van der Waals surface area contributed by atoms with Gasteiger partial charge >= 0.3 is 65.1 Å². The van der Waals surface area contributed by atoms with Crippen LogP contribution in [0.3, 0.4) is 0 Å². The second-order valence-electron chi connectivity index (χ2n) is 7.92. The van der Waals surface area contributed by atoms with Crippen molar-refractivity contribution in [1.29, 1.82) is 0 Å². The summed E-state index contributed by atoms with van der Waals surface area (Å²) in [6, 6.07) is 9.78. The van der Waals surface area contributed by atoms with Crippen LogP contribution in [0, 0.1) is 11.6 Å². The molecule has 0 saturated heterocycles. The molecule has 0 fully saturated rings. The van der Waals surface area contributed by atoms with Crippen LogP contribution in [0.2, 0.25) is 0 Å². The second-order valence-corrected chi connectivity index (χ2v) is 7.92. The van der Waals surface area contributed by atoms with E-state index in [4.69, 9.17) is 0 Å². The maximum Gasteiger partial charge on any atom is 1.00 e. The van der Waals surface area contributed by atoms with Gasteiger partial charge in [-0.05, 0) is 35.4 Å². The number of benzene rings is 2. The van der Waals surface area contributed by atoms with Gasteiger partial charge in [-0.15, -0.1) is 0 Å². The normalized spacial score (nSPS) is 11.1. The first-order chi connectivity index (χ1) is 17.2. The molecule has 13 heteroatoms. The summed E-state index contributed by atoms with van der Waals surface area (Å²) in [4.78, 5) is 40.8. The molecule has 0 radical (unpaired) electrons. The molecule has 0 saturated carbocycles. The Morgan fingerprint density at radius 1 is 1.08 bits per heavy atom. The Bertz CT molecular complexity index is 1570. The number of aryl methyl sites for hydroxylation is 1. The van der Waals surface area contributed by atoms with Crippen molar-refractivity contribution >= 4 is 28.7 Å². The maximum absolute atomic E-state index is 14.3. The largest absolute Gasteiger partial charge is 1.00 e. The molecular weight excluding hydrogens is 520 g/mol. The third kappa shape index (κ3) is 6.79. The van der Waals surface area contributed by atoms with E-state index in [9.17, 15) is 33.4 Å². The van der Waals surface area contributed by atoms with Crippen molar-refractivity contribution < 1.29 is 87.7 Å². The van der Waals surface area contributed by atoms with Crippen LogP contribution >= 0.6 is 0 Å². The van der Waals surface area contributed by atoms with Gasteiger partial charge in [0.25, 0.3) is 5.56 Å². The quantitative estimate of drug-likeness (QED) is 0.240. The van der Waals surface area contributed by atoms with E-state index in [1.54, 1.807) is 0 Å². The van der Waals surface area contributed by atoms with Crippen LogP contribution in [-0.2, 0) is 11.8 Å². The molecular formula is C25H18F2N4Na2O5. The number of urea groups is 1. The Balaban J connectivity index is 0.00000253. The van der Waals surface area contributed by atoms with Crippen LogP contribution in [0.25, 0.3) is 22.2 Å². The molecule has 1 atom stereocenters. The number of pyridine rings is 2. The molecule has 0 spiro atoms. The predicted octanol–water partition coefficient (Wildman–Crippen LogP) is -4.04. The van der Waals surface area contributed by atoms with Crippen molar-refractivity contribution in [2.24, 2.45) is 7.05 Å². The number of hydrogen-bond acceptors (Lipinski definition) is 6. The van der Waals surface area contributed by atoms with Gasteiger partial charge < -0.3 is 25.6 Å². The fourth-order valence-electron chi connectivity index (χ4n) is 3.82. The molecule has 0 aliphatic carbocycles. The van der Waals surface area contributed by atoms with Crippen LogP contribution in [-0.4, -0.2) is 21.6 Å². The minimum atomic E-state index is -1.49. The summed E-state index contributed by atoms with van der Waals surface area (Å²) in [6.45, 7) is 0. The van der Waals surface area contributed by atoms with Crippen molar-refractivity contribution in [3.8, 4) is 16.9 Å². The molecule has 0 aliphatic heterocycles. The van der Waals surface area contributed by atoms with Crippen LogP contribution in [0.5, 0.6) is 5.75 Å². The molecule has 2 aromatic heterocycles. The van der Waals surface area contributed by atoms with Crippen molar-refractivity contribution in [3.63, 3.8) is 0 Å². The Morgan fingerprint density at radius 2 is 1.82 bits per heavy atom. The van der Waals surface area contributed by atoms with Gasteiger partial charge in [-0.25, -0.2) is 18.6 Å². The predicted molar refractivity (Wildman–Crippen MR) is 123 cm³/mol. The number of aromatic nitrogens is 2. The minimum absolute atomic E-state index is 0. The Kier molecular flexibility index (Phi) is 11.0. The number of hydrogen-bond donors (Lipinski definition) is 2. The van der Waals surface area contributed by atoms with Crippen molar-refractivity contribution in [2.45, 2.75) is 12.5 Å². The van der Waals surface area contributed by atoms with E-state index in [2.05, 4.69) is 15.6 Å². The molecule has 2 amide bonds. The van der Waals surface area contributed by atoms with Gasteiger partial charge in [0, 0.05) is 42.7 Å². The Morgan fingerprint density at radius 3 is 2.50 bits per heavy atom. The standard InChI is InChI=1S/C25H20F2N4O5.2Na/c1-31-23-17(6-3-9-28-23)22(34)21(24(31)35)30-25(36)29-19(12-20(32)33)14-5-2-4-13(10-14)16-8-7-15(26)11-18(16)27;;/h2-11,19,34H,12H2,1H3,(H,32,33)(H2,29,30,36);;/q;2*+1/p-2/t19-;;/m0../s1. The maximum atomic E-state index is 14.3. The van der Waals surface area contributed by atoms with Gasteiger partial charge in [0.05, 0.1) is 6.04 Å². The van der Waals surface area contributed by atoms with Crippen molar-refractivity contribution in [2.75, 3.05) is 5.32 Å². The van der Waals surface area contributed by atoms with Crippen LogP contribution < -0.4 is 85.5 Å². The molecule has 0 unspecified atom stereocenters. The number of carbonyl (C=O) groups is 2. The number of rotatable bonds is 6. The fraction of sp³-hybridized carbons (Fsp3) is 0.120. The molecule has 0 bridgehead atoms. The van der Waals surface area contributed by atoms with Crippen LogP contribution in [0.15, 0.2) is 65.6 Å². The number of halogens is 2. The zero-order valence-electron chi connectivity index (χ0n) is 20.7. The average molecular weight is 538 g/mol. The number of fused-ring (bicyclic) bond motifs is 1. The molecule has 38 heavy (non-hydrogen) atoms. The van der Waals surface area contributed by atoms with Gasteiger partial charge in [0.15, 0.2) is 0 Å². The fourth-order valence-corrected chi connectivity index (χ4v) is 3.82. The molecule has 2 aromatic carbocycles. The zero-order valence-corrected chi connectivity index (χ0v) is 24.7. The van der Waals surface area contributed by atoms with Gasteiger partial charge in [-0.3, -0.25) is 9.36 Å². The topological polar surface area (TPSA) is 139 Å². The van der Waals surface area contributed by atoms with Crippen molar-refractivity contribution in [3.05, 3.63) is 88.3 Å². The number of amides is 2. The first kappa shape index (κ1) is 31.4. The summed E-state index contributed by atoms with van der Waals surface area (Å²) in [5, 5.41) is 28.9. The van der Waals surface area contributed by atoms with Gasteiger partial charge in [0.1, 0.15) is 23.0 Å². The van der Waals surface area contributed by atoms with Crippen LogP contribution in [0.4, 0.5) is 19.3 Å². The Labute approximate surface area is 259 Å². The molecule has 0 aliphatic rings. The van der Waals surface area contributed by atoms with Gasteiger partial charge in [0.2, 0.25) is 0 Å². The number of carboxylic acid groups (broad SMARTS) is 1. The summed E-state index contributed by atoms with van der Waals surface area (Å²) in [5.74, 6) is -3.81. The van der Waals surface area contributed by atoms with Crippen LogP contribution in [0.1, 0.15) is 18.0 Å². The molecule has 2 N–H and O–H groups in total. The third-order valence-corrected chi connectivity index (χ3v) is 5.54. The van der Waals surface area contributed by atoms with E-state index in [-0.39, 0.29) is 81.3 Å². The average Bonchev–Trinajstić information content (AvgIpc) is 2.84.